The highest BCUT2D eigenvalue weighted by atomic mass is 16.1. The topological polar surface area (TPSA) is 58.9 Å². The van der Waals surface area contributed by atoms with E-state index in [0.29, 0.717) is 0 Å². The second-order valence-corrected chi connectivity index (χ2v) is 2.98. The summed E-state index contributed by atoms with van der Waals surface area (Å²) in [6.45, 7) is 5.55. The number of hydrogen-bond donors (Lipinski definition) is 2. The van der Waals surface area contributed by atoms with Crippen molar-refractivity contribution in [1.29, 1.82) is 0 Å². The summed E-state index contributed by atoms with van der Waals surface area (Å²) in [5, 5.41) is 1.97. The van der Waals surface area contributed by atoms with Crippen LogP contribution in [0, 0.1) is 0 Å². The maximum atomic E-state index is 10.8. The molecule has 0 aliphatic rings. The van der Waals surface area contributed by atoms with E-state index in [4.69, 9.17) is 5.73 Å². The van der Waals surface area contributed by atoms with Crippen molar-refractivity contribution in [3.05, 3.63) is 35.0 Å². The lowest BCUT2D eigenvalue weighted by atomic mass is 10.2. The van der Waals surface area contributed by atoms with Gasteiger partial charge in [0.25, 0.3) is 0 Å². The molecule has 14 heavy (non-hydrogen) atoms. The Balaban J connectivity index is 3.29. The van der Waals surface area contributed by atoms with E-state index < -0.39 is 0 Å². The molecular weight excluding hydrogens is 176 g/mol. The van der Waals surface area contributed by atoms with Crippen LogP contribution in [0.4, 0.5) is 0 Å². The molecule has 1 rings (SSSR count). The molecule has 0 aliphatic carbocycles. The van der Waals surface area contributed by atoms with Gasteiger partial charge in [-0.1, -0.05) is 18.7 Å². The van der Waals surface area contributed by atoms with Crippen LogP contribution in [0.1, 0.15) is 12.5 Å². The van der Waals surface area contributed by atoms with Gasteiger partial charge in [-0.25, -0.2) is 0 Å². The quantitative estimate of drug-likeness (QED) is 0.682. The number of aromatic nitrogens is 1. The van der Waals surface area contributed by atoms with Crippen LogP contribution < -0.4 is 16.3 Å². The molecule has 0 saturated heterocycles. The van der Waals surface area contributed by atoms with E-state index in [1.54, 1.807) is 12.3 Å². The van der Waals surface area contributed by atoms with Gasteiger partial charge in [0, 0.05) is 11.5 Å². The summed E-state index contributed by atoms with van der Waals surface area (Å²) in [7, 11) is 0. The molecule has 0 aromatic carbocycles. The van der Waals surface area contributed by atoms with Gasteiger partial charge in [-0.05, 0) is 23.8 Å². The van der Waals surface area contributed by atoms with E-state index >= 15 is 0 Å². The Morgan fingerprint density at radius 2 is 2.43 bits per heavy atom. The van der Waals surface area contributed by atoms with Crippen LogP contribution in [0.5, 0.6) is 0 Å². The number of amides is 1. The zero-order valence-electron chi connectivity index (χ0n) is 8.21. The predicted octanol–water partition coefficient (Wildman–Crippen LogP) is -0.191. The Morgan fingerprint density at radius 1 is 1.71 bits per heavy atom. The Kier molecular flexibility index (Phi) is 3.29. The second-order valence-electron chi connectivity index (χ2n) is 2.98. The molecule has 3 nitrogen and oxygen atoms in total. The Labute approximate surface area is 82.6 Å². The van der Waals surface area contributed by atoms with E-state index in [9.17, 15) is 4.79 Å². The third-order valence-corrected chi connectivity index (χ3v) is 1.98. The molecule has 1 aromatic heterocycles. The molecule has 3 N–H and O–H groups in total. The summed E-state index contributed by atoms with van der Waals surface area (Å²) in [6, 6.07) is 0. The van der Waals surface area contributed by atoms with E-state index in [1.807, 2.05) is 19.1 Å². The van der Waals surface area contributed by atoms with Crippen molar-refractivity contribution in [2.75, 3.05) is 0 Å². The first kappa shape index (κ1) is 10.3. The maximum absolute atomic E-state index is 10.8. The number of nitrogens with one attached hydrogen (secondary N) is 1. The summed E-state index contributed by atoms with van der Waals surface area (Å²) in [5.41, 5.74) is 6.06. The number of rotatable bonds is 3. The third-order valence-electron chi connectivity index (χ3n) is 1.98. The van der Waals surface area contributed by atoms with E-state index in [1.165, 1.54) is 0 Å². The largest absolute Gasteiger partial charge is 0.369 e. The van der Waals surface area contributed by atoms with Gasteiger partial charge < -0.3 is 10.7 Å². The van der Waals surface area contributed by atoms with Gasteiger partial charge in [-0.3, -0.25) is 4.79 Å². The minimum Gasteiger partial charge on any atom is -0.369 e. The van der Waals surface area contributed by atoms with Gasteiger partial charge in [0.1, 0.15) is 0 Å². The first-order valence-corrected chi connectivity index (χ1v) is 4.42. The van der Waals surface area contributed by atoms with Crippen molar-refractivity contribution in [3.8, 4) is 0 Å². The molecule has 0 aliphatic heterocycles. The average molecular weight is 190 g/mol. The molecule has 1 aromatic rings. The summed E-state index contributed by atoms with van der Waals surface area (Å²) in [4.78, 5) is 13.8. The van der Waals surface area contributed by atoms with Crippen LogP contribution in [-0.4, -0.2) is 10.9 Å². The van der Waals surface area contributed by atoms with Gasteiger partial charge >= 0.3 is 0 Å². The van der Waals surface area contributed by atoms with Crippen LogP contribution in [0.25, 0.3) is 12.2 Å². The Bertz CT molecular complexity index is 454. The van der Waals surface area contributed by atoms with E-state index in [-0.39, 0.29) is 12.3 Å². The lowest BCUT2D eigenvalue weighted by Gasteiger charge is -1.90. The number of nitrogens with two attached hydrogens (primary N) is 1. The minimum absolute atomic E-state index is 0.265. The highest BCUT2D eigenvalue weighted by Gasteiger charge is 2.01. The lowest BCUT2D eigenvalue weighted by molar-refractivity contribution is -0.117. The first-order valence-electron chi connectivity index (χ1n) is 4.42. The first-order chi connectivity index (χ1) is 6.69. The molecule has 0 radical (unpaired) electrons. The Hall–Kier alpha value is -1.77. The molecule has 74 valence electrons. The van der Waals surface area contributed by atoms with Crippen LogP contribution in [0.2, 0.25) is 0 Å². The molecule has 0 saturated carbocycles. The van der Waals surface area contributed by atoms with Crippen LogP contribution in [0.3, 0.4) is 0 Å². The number of carbonyl (C=O) groups is 1. The third kappa shape index (κ3) is 2.13. The zero-order chi connectivity index (χ0) is 10.6. The van der Waals surface area contributed by atoms with Crippen LogP contribution in [0.15, 0.2) is 18.9 Å². The van der Waals surface area contributed by atoms with Gasteiger partial charge in [-0.15, -0.1) is 0 Å². The molecule has 0 unspecified atom stereocenters. The van der Waals surface area contributed by atoms with Crippen molar-refractivity contribution in [2.24, 2.45) is 5.73 Å². The summed E-state index contributed by atoms with van der Waals surface area (Å²) in [5.74, 6) is -0.322. The van der Waals surface area contributed by atoms with E-state index in [2.05, 4.69) is 11.6 Å². The number of primary amides is 1. The average Bonchev–Trinajstić information content (AvgIpc) is 2.47. The van der Waals surface area contributed by atoms with Gasteiger partial charge in [-0.2, -0.15) is 0 Å². The molecule has 3 heteroatoms. The Morgan fingerprint density at radius 3 is 2.93 bits per heavy atom. The number of aromatic amines is 1. The highest BCUT2D eigenvalue weighted by molar-refractivity contribution is 5.76. The number of hydrogen-bond acceptors (Lipinski definition) is 1. The van der Waals surface area contributed by atoms with Gasteiger partial charge in [0.05, 0.1) is 6.42 Å². The molecule has 0 spiro atoms. The van der Waals surface area contributed by atoms with E-state index in [0.717, 1.165) is 16.1 Å². The minimum atomic E-state index is -0.322. The number of allylic oxidation sites excluding steroid dienone is 1. The number of H-pyrrole nitrogens is 1. The van der Waals surface area contributed by atoms with Crippen molar-refractivity contribution in [2.45, 2.75) is 13.3 Å². The van der Waals surface area contributed by atoms with Gasteiger partial charge in [0.2, 0.25) is 5.91 Å². The predicted molar refractivity (Wildman–Crippen MR) is 57.7 cm³/mol. The molecule has 1 amide bonds. The number of carbonyl (C=O) groups excluding carboxylic acids is 1. The summed E-state index contributed by atoms with van der Waals surface area (Å²) in [6.07, 6.45) is 7.58. The summed E-state index contributed by atoms with van der Waals surface area (Å²) >= 11 is 0. The highest BCUT2D eigenvalue weighted by Crippen LogP contribution is 1.87. The monoisotopic (exact) mass is 190 g/mol. The van der Waals surface area contributed by atoms with Crippen LogP contribution in [-0.2, 0) is 11.2 Å². The van der Waals surface area contributed by atoms with Crippen LogP contribution >= 0.6 is 0 Å². The van der Waals surface area contributed by atoms with Crippen molar-refractivity contribution in [3.63, 3.8) is 0 Å². The van der Waals surface area contributed by atoms with Crippen molar-refractivity contribution >= 4 is 18.1 Å². The fourth-order valence-corrected chi connectivity index (χ4v) is 1.42. The lowest BCUT2D eigenvalue weighted by Crippen LogP contribution is -2.27. The molecular formula is C11H14N2O. The molecule has 0 atom stereocenters. The molecule has 0 bridgehead atoms. The van der Waals surface area contributed by atoms with Crippen molar-refractivity contribution < 1.29 is 4.79 Å². The fraction of sp³-hybridized carbons (Fsp3) is 0.182. The smallest absolute Gasteiger partial charge is 0.221 e. The van der Waals surface area contributed by atoms with Gasteiger partial charge in [0.15, 0.2) is 0 Å². The maximum Gasteiger partial charge on any atom is 0.221 e. The van der Waals surface area contributed by atoms with Crippen molar-refractivity contribution in [1.82, 2.24) is 4.98 Å². The second kappa shape index (κ2) is 4.46. The SMILES string of the molecule is C=C/C=c1/[nH]cc(CC(N)=O)/c1=C/C. The summed E-state index contributed by atoms with van der Waals surface area (Å²) < 4.78 is 0. The fourth-order valence-electron chi connectivity index (χ4n) is 1.42. The molecule has 1 heterocycles. The normalized spacial score (nSPS) is 13.2. The molecule has 0 fully saturated rings. The zero-order valence-corrected chi connectivity index (χ0v) is 8.21. The standard InChI is InChI=1S/C11H14N2O/c1-3-5-10-9(4-2)8(7-13-10)6-11(12)14/h3-5,7,13H,1,6H2,2H3,(H2,12,14)/b9-4-,10-5+.